The monoisotopic (exact) mass is 542 g/mol. The van der Waals surface area contributed by atoms with Gasteiger partial charge in [0.25, 0.3) is 11.8 Å². The normalized spacial score (nSPS) is 16.4. The van der Waals surface area contributed by atoms with E-state index in [1.54, 1.807) is 12.3 Å². The van der Waals surface area contributed by atoms with Gasteiger partial charge >= 0.3 is 0 Å². The van der Waals surface area contributed by atoms with Crippen LogP contribution in [0.2, 0.25) is 0 Å². The highest BCUT2D eigenvalue weighted by Gasteiger charge is 2.32. The van der Waals surface area contributed by atoms with Crippen LogP contribution in [-0.4, -0.2) is 63.3 Å². The minimum atomic E-state index is -0.328. The van der Waals surface area contributed by atoms with E-state index in [-0.39, 0.29) is 30.2 Å². The molecule has 3 N–H and O–H groups in total. The Balaban J connectivity index is 1.11. The summed E-state index contributed by atoms with van der Waals surface area (Å²) in [6.45, 7) is 5.29. The van der Waals surface area contributed by atoms with Crippen molar-refractivity contribution in [1.82, 2.24) is 25.3 Å². The number of likely N-dealkylation sites (tertiary alicyclic amines) is 1. The lowest BCUT2D eigenvalue weighted by Crippen LogP contribution is -2.34. The Labute approximate surface area is 233 Å². The summed E-state index contributed by atoms with van der Waals surface area (Å²) in [5.74, 6) is 0.516. The average Bonchev–Trinajstić information content (AvgIpc) is 3.60. The van der Waals surface area contributed by atoms with Crippen molar-refractivity contribution in [3.05, 3.63) is 82.5 Å². The van der Waals surface area contributed by atoms with Crippen LogP contribution in [0, 0.1) is 0 Å². The molecule has 3 aromatic rings. The smallest absolute Gasteiger partial charge is 0.256 e. The summed E-state index contributed by atoms with van der Waals surface area (Å²) >= 11 is 0. The highest BCUT2D eigenvalue weighted by molar-refractivity contribution is 6.03. The van der Waals surface area contributed by atoms with E-state index in [0.29, 0.717) is 36.7 Å². The third-order valence-electron chi connectivity index (χ3n) is 7.93. The van der Waals surface area contributed by atoms with Crippen molar-refractivity contribution >= 4 is 29.9 Å². The zero-order valence-electron chi connectivity index (χ0n) is 22.6. The van der Waals surface area contributed by atoms with Gasteiger partial charge in [-0.3, -0.25) is 34.5 Å². The predicted octanol–water partition coefficient (Wildman–Crippen LogP) is 3.44. The van der Waals surface area contributed by atoms with Crippen molar-refractivity contribution < 1.29 is 19.2 Å². The molecule has 1 fully saturated rings. The molecule has 5 rings (SSSR count). The first-order chi connectivity index (χ1) is 19.4. The molecule has 0 radical (unpaired) electrons. The molecule has 0 bridgehead atoms. The quantitative estimate of drug-likeness (QED) is 0.337. The summed E-state index contributed by atoms with van der Waals surface area (Å²) in [5.41, 5.74) is 4.84. The van der Waals surface area contributed by atoms with E-state index < -0.39 is 0 Å². The molecule has 3 heterocycles. The number of anilines is 1. The van der Waals surface area contributed by atoms with E-state index in [0.717, 1.165) is 43.6 Å². The van der Waals surface area contributed by atoms with Crippen LogP contribution in [0.25, 0.3) is 0 Å². The molecule has 1 aromatic heterocycles. The summed E-state index contributed by atoms with van der Waals surface area (Å²) in [6.07, 6.45) is 4.78. The second kappa shape index (κ2) is 12.3. The van der Waals surface area contributed by atoms with Gasteiger partial charge in [-0.05, 0) is 80.1 Å². The van der Waals surface area contributed by atoms with Gasteiger partial charge in [0.05, 0.1) is 6.20 Å². The summed E-state index contributed by atoms with van der Waals surface area (Å²) in [5, 5.41) is 11.5. The molecule has 0 spiro atoms. The summed E-state index contributed by atoms with van der Waals surface area (Å²) in [6, 6.07) is 15.6. The number of fused-ring (bicyclic) bond motifs is 1. The molecule has 1 saturated heterocycles. The Hall–Kier alpha value is -4.31. The lowest BCUT2D eigenvalue weighted by Gasteiger charge is -2.32. The van der Waals surface area contributed by atoms with E-state index in [1.165, 1.54) is 11.1 Å². The topological polar surface area (TPSA) is 128 Å². The number of hydrogen-bond donors (Lipinski definition) is 3. The van der Waals surface area contributed by atoms with Crippen molar-refractivity contribution in [2.24, 2.45) is 0 Å². The number of hydrogen-bond acceptors (Lipinski definition) is 6. The Morgan fingerprint density at radius 1 is 1.12 bits per heavy atom. The number of rotatable bonds is 10. The average molecular weight is 543 g/mol. The van der Waals surface area contributed by atoms with Gasteiger partial charge in [0.2, 0.25) is 12.3 Å². The van der Waals surface area contributed by atoms with Crippen LogP contribution < -0.4 is 10.6 Å². The molecule has 10 heteroatoms. The first-order valence-electron chi connectivity index (χ1n) is 13.7. The number of aromatic amines is 1. The maximum Gasteiger partial charge on any atom is 0.256 e. The third-order valence-corrected chi connectivity index (χ3v) is 7.93. The lowest BCUT2D eigenvalue weighted by atomic mass is 9.87. The van der Waals surface area contributed by atoms with Gasteiger partial charge in [-0.2, -0.15) is 5.10 Å². The molecule has 4 amide bonds. The summed E-state index contributed by atoms with van der Waals surface area (Å²) in [7, 11) is 0. The number of nitrogens with zero attached hydrogens (tertiary/aromatic N) is 3. The Morgan fingerprint density at radius 2 is 1.90 bits per heavy atom. The van der Waals surface area contributed by atoms with Gasteiger partial charge in [-0.25, -0.2) is 0 Å². The van der Waals surface area contributed by atoms with Crippen molar-refractivity contribution in [2.45, 2.75) is 57.7 Å². The van der Waals surface area contributed by atoms with Gasteiger partial charge in [0, 0.05) is 42.7 Å². The predicted molar refractivity (Wildman–Crippen MR) is 149 cm³/mol. The first-order valence-corrected chi connectivity index (χ1v) is 13.7. The van der Waals surface area contributed by atoms with Crippen LogP contribution in [0.3, 0.4) is 0 Å². The molecular weight excluding hydrogens is 508 g/mol. The van der Waals surface area contributed by atoms with Crippen LogP contribution in [-0.2, 0) is 22.7 Å². The van der Waals surface area contributed by atoms with E-state index in [2.05, 4.69) is 37.9 Å². The number of imide groups is 1. The number of carbonyl (C=O) groups excluding carboxylic acids is 4. The second-order valence-corrected chi connectivity index (χ2v) is 10.6. The minimum Gasteiger partial charge on any atom is -0.332 e. The Bertz CT molecular complexity index is 1360. The molecule has 0 saturated carbocycles. The molecule has 208 valence electrons. The number of benzene rings is 2. The van der Waals surface area contributed by atoms with Crippen LogP contribution in [0.5, 0.6) is 0 Å². The van der Waals surface area contributed by atoms with Crippen molar-refractivity contribution in [3.8, 4) is 0 Å². The van der Waals surface area contributed by atoms with Crippen LogP contribution in [0.15, 0.2) is 54.7 Å². The van der Waals surface area contributed by atoms with Gasteiger partial charge in [-0.1, -0.05) is 24.3 Å². The zero-order valence-corrected chi connectivity index (χ0v) is 22.6. The van der Waals surface area contributed by atoms with Gasteiger partial charge in [-0.15, -0.1) is 0 Å². The van der Waals surface area contributed by atoms with Crippen molar-refractivity contribution in [3.63, 3.8) is 0 Å². The Kier molecular flexibility index (Phi) is 8.35. The Morgan fingerprint density at radius 3 is 2.60 bits per heavy atom. The molecule has 40 heavy (non-hydrogen) atoms. The number of nitrogens with one attached hydrogen (secondary N) is 3. The molecule has 2 aliphatic rings. The van der Waals surface area contributed by atoms with Crippen LogP contribution >= 0.6 is 0 Å². The molecule has 10 nitrogen and oxygen atoms in total. The highest BCUT2D eigenvalue weighted by Crippen LogP contribution is 2.33. The minimum absolute atomic E-state index is 0.00414. The maximum atomic E-state index is 13.0. The number of carbonyl (C=O) groups is 4. The number of aromatic nitrogens is 2. The molecule has 2 aromatic carbocycles. The van der Waals surface area contributed by atoms with Crippen LogP contribution in [0.1, 0.15) is 75.9 Å². The number of piperidine rings is 1. The summed E-state index contributed by atoms with van der Waals surface area (Å²) < 4.78 is 0. The first kappa shape index (κ1) is 27.3. The standard InChI is InChI=1S/C30H34N6O4/c1-20(2-9-28(38)31-19-37)36-18-25-16-24(7-8-26(25)30(36)40)22-11-14-35(15-12-22)17-21-3-5-23(6-4-21)29(39)33-27-10-13-32-34-27/h3-8,10,13,16,19-20,22H,2,9,11-12,14-15,17-18H2,1H3,(H,31,37,38)(H2,32,33,34,39). The highest BCUT2D eigenvalue weighted by atomic mass is 16.2. The van der Waals surface area contributed by atoms with Gasteiger partial charge < -0.3 is 10.2 Å². The molecular formula is C30H34N6O4. The SMILES string of the molecule is CC(CCC(=O)NC=O)N1Cc2cc(C3CCN(Cc4ccc(C(=O)Nc5ccn[nH]5)cc4)CC3)ccc2C1=O. The molecule has 1 unspecified atom stereocenters. The van der Waals surface area contributed by atoms with Crippen LogP contribution in [0.4, 0.5) is 5.82 Å². The third kappa shape index (κ3) is 6.28. The lowest BCUT2D eigenvalue weighted by molar-refractivity contribution is -0.125. The van der Waals surface area contributed by atoms with Crippen molar-refractivity contribution in [2.75, 3.05) is 18.4 Å². The second-order valence-electron chi connectivity index (χ2n) is 10.6. The molecule has 2 aliphatic heterocycles. The number of H-pyrrole nitrogens is 1. The van der Waals surface area contributed by atoms with Gasteiger partial charge in [0.15, 0.2) is 0 Å². The fourth-order valence-corrected chi connectivity index (χ4v) is 5.57. The van der Waals surface area contributed by atoms with E-state index in [4.69, 9.17) is 0 Å². The largest absolute Gasteiger partial charge is 0.332 e. The molecule has 1 atom stereocenters. The zero-order chi connectivity index (χ0) is 28.1. The maximum absolute atomic E-state index is 13.0. The fourth-order valence-electron chi connectivity index (χ4n) is 5.57. The summed E-state index contributed by atoms with van der Waals surface area (Å²) in [4.78, 5) is 51.7. The van der Waals surface area contributed by atoms with E-state index in [1.807, 2.05) is 42.2 Å². The van der Waals surface area contributed by atoms with Crippen molar-refractivity contribution in [1.29, 1.82) is 0 Å². The molecule has 0 aliphatic carbocycles. The van der Waals surface area contributed by atoms with E-state index in [9.17, 15) is 19.2 Å². The number of amides is 4. The van der Waals surface area contributed by atoms with E-state index >= 15 is 0 Å². The fraction of sp³-hybridized carbons (Fsp3) is 0.367. The van der Waals surface area contributed by atoms with Gasteiger partial charge in [0.1, 0.15) is 5.82 Å².